The van der Waals surface area contributed by atoms with Gasteiger partial charge in [0.25, 0.3) is 11.6 Å². The van der Waals surface area contributed by atoms with Crippen LogP contribution in [0.1, 0.15) is 35.7 Å². The number of rotatable bonds is 7. The second-order valence-corrected chi connectivity index (χ2v) is 5.07. The Kier molecular flexibility index (Phi) is 6.45. The van der Waals surface area contributed by atoms with E-state index >= 15 is 0 Å². The van der Waals surface area contributed by atoms with E-state index in [1.807, 2.05) is 6.92 Å². The molecule has 1 aromatic carbocycles. The van der Waals surface area contributed by atoms with E-state index in [1.165, 1.54) is 6.07 Å². The van der Waals surface area contributed by atoms with Crippen LogP contribution < -0.4 is 5.32 Å². The van der Waals surface area contributed by atoms with Crippen molar-refractivity contribution in [3.8, 4) is 0 Å². The van der Waals surface area contributed by atoms with Gasteiger partial charge in [0.05, 0.1) is 4.92 Å². The molecule has 6 heteroatoms. The Morgan fingerprint density at radius 1 is 1.50 bits per heavy atom. The van der Waals surface area contributed by atoms with Crippen molar-refractivity contribution in [3.63, 3.8) is 0 Å². The van der Waals surface area contributed by atoms with Crippen molar-refractivity contribution in [2.75, 3.05) is 12.4 Å². The molecule has 0 spiro atoms. The van der Waals surface area contributed by atoms with Crippen LogP contribution in [0.25, 0.3) is 0 Å². The minimum Gasteiger partial charge on any atom is -0.352 e. The molecular formula is C14H19ClN2O3. The number of hydrogen-bond acceptors (Lipinski definition) is 3. The van der Waals surface area contributed by atoms with Crippen LogP contribution in [-0.4, -0.2) is 23.3 Å². The summed E-state index contributed by atoms with van der Waals surface area (Å²) in [5, 5.41) is 13.8. The van der Waals surface area contributed by atoms with Gasteiger partial charge < -0.3 is 5.32 Å². The SMILES string of the molecule is CCC(CCCl)CNC(=O)c1cccc(C)c1[N+](=O)[O-]. The van der Waals surface area contributed by atoms with Crippen molar-refractivity contribution in [3.05, 3.63) is 39.4 Å². The van der Waals surface area contributed by atoms with Crippen molar-refractivity contribution in [1.29, 1.82) is 0 Å². The molecule has 0 aliphatic heterocycles. The van der Waals surface area contributed by atoms with Crippen LogP contribution in [0.5, 0.6) is 0 Å². The van der Waals surface area contributed by atoms with E-state index in [2.05, 4.69) is 5.32 Å². The number of amides is 1. The summed E-state index contributed by atoms with van der Waals surface area (Å²) in [5.74, 6) is 0.424. The highest BCUT2D eigenvalue weighted by molar-refractivity contribution is 6.17. The first-order chi connectivity index (χ1) is 9.51. The van der Waals surface area contributed by atoms with Crippen molar-refractivity contribution < 1.29 is 9.72 Å². The van der Waals surface area contributed by atoms with Crippen LogP contribution in [0.2, 0.25) is 0 Å². The van der Waals surface area contributed by atoms with E-state index in [0.717, 1.165) is 12.8 Å². The van der Waals surface area contributed by atoms with E-state index < -0.39 is 10.8 Å². The molecular weight excluding hydrogens is 280 g/mol. The van der Waals surface area contributed by atoms with Gasteiger partial charge in [0, 0.05) is 18.0 Å². The first-order valence-corrected chi connectivity index (χ1v) is 7.12. The molecule has 0 aliphatic rings. The van der Waals surface area contributed by atoms with Crippen molar-refractivity contribution in [2.24, 2.45) is 5.92 Å². The van der Waals surface area contributed by atoms with Gasteiger partial charge in [-0.3, -0.25) is 14.9 Å². The van der Waals surface area contributed by atoms with Gasteiger partial charge >= 0.3 is 0 Å². The standard InChI is InChI=1S/C14H19ClN2O3/c1-3-11(7-8-15)9-16-14(18)12-6-4-5-10(2)13(12)17(19)20/h4-6,11H,3,7-9H2,1-2H3,(H,16,18). The van der Waals surface area contributed by atoms with E-state index in [1.54, 1.807) is 19.1 Å². The Balaban J connectivity index is 2.83. The molecule has 1 amide bonds. The third kappa shape index (κ3) is 4.20. The van der Waals surface area contributed by atoms with Crippen LogP contribution in [0.4, 0.5) is 5.69 Å². The Bertz CT molecular complexity index is 491. The number of nitrogens with zero attached hydrogens (tertiary/aromatic N) is 1. The number of hydrogen-bond donors (Lipinski definition) is 1. The summed E-state index contributed by atoms with van der Waals surface area (Å²) >= 11 is 5.69. The molecule has 5 nitrogen and oxygen atoms in total. The lowest BCUT2D eigenvalue weighted by Crippen LogP contribution is -2.30. The number of carbonyl (C=O) groups excluding carboxylic acids is 1. The number of alkyl halides is 1. The van der Waals surface area contributed by atoms with Crippen LogP contribution in [0, 0.1) is 23.0 Å². The number of halogens is 1. The maximum Gasteiger partial charge on any atom is 0.285 e. The summed E-state index contributed by atoms with van der Waals surface area (Å²) in [7, 11) is 0. The lowest BCUT2D eigenvalue weighted by atomic mass is 10.0. The molecule has 1 rings (SSSR count). The van der Waals surface area contributed by atoms with E-state index in [4.69, 9.17) is 11.6 Å². The predicted octanol–water partition coefficient (Wildman–Crippen LogP) is 3.29. The molecule has 0 heterocycles. The van der Waals surface area contributed by atoms with Crippen molar-refractivity contribution in [2.45, 2.75) is 26.7 Å². The Morgan fingerprint density at radius 2 is 2.20 bits per heavy atom. The highest BCUT2D eigenvalue weighted by atomic mass is 35.5. The maximum atomic E-state index is 12.1. The zero-order chi connectivity index (χ0) is 15.1. The Morgan fingerprint density at radius 3 is 2.75 bits per heavy atom. The van der Waals surface area contributed by atoms with Crippen molar-refractivity contribution >= 4 is 23.2 Å². The fourth-order valence-corrected chi connectivity index (χ4v) is 2.33. The van der Waals surface area contributed by atoms with Crippen molar-refractivity contribution in [1.82, 2.24) is 5.32 Å². The number of nitrogens with one attached hydrogen (secondary N) is 1. The summed E-state index contributed by atoms with van der Waals surface area (Å²) in [6.07, 6.45) is 1.72. The number of para-hydroxylation sites is 1. The molecule has 0 bridgehead atoms. The fraction of sp³-hybridized carbons (Fsp3) is 0.500. The summed E-state index contributed by atoms with van der Waals surface area (Å²) in [5.41, 5.74) is 0.460. The smallest absolute Gasteiger partial charge is 0.285 e. The normalized spacial score (nSPS) is 11.9. The van der Waals surface area contributed by atoms with Gasteiger partial charge in [0.2, 0.25) is 0 Å². The highest BCUT2D eigenvalue weighted by Crippen LogP contribution is 2.23. The topological polar surface area (TPSA) is 72.2 Å². The molecule has 20 heavy (non-hydrogen) atoms. The van der Waals surface area contributed by atoms with Gasteiger partial charge in [0.15, 0.2) is 0 Å². The summed E-state index contributed by atoms with van der Waals surface area (Å²) in [4.78, 5) is 22.6. The molecule has 1 atom stereocenters. The largest absolute Gasteiger partial charge is 0.352 e. The van der Waals surface area contributed by atoms with Gasteiger partial charge in [-0.1, -0.05) is 25.5 Å². The molecule has 1 unspecified atom stereocenters. The average molecular weight is 299 g/mol. The number of aryl methyl sites for hydroxylation is 1. The van der Waals surface area contributed by atoms with Gasteiger partial charge in [-0.15, -0.1) is 11.6 Å². The number of benzene rings is 1. The minimum atomic E-state index is -0.514. The first kappa shape index (κ1) is 16.4. The Labute approximate surface area is 123 Å². The second-order valence-electron chi connectivity index (χ2n) is 4.69. The molecule has 1 N–H and O–H groups in total. The van der Waals surface area contributed by atoms with E-state index in [0.29, 0.717) is 23.9 Å². The third-order valence-electron chi connectivity index (χ3n) is 3.31. The average Bonchev–Trinajstić information content (AvgIpc) is 2.42. The van der Waals surface area contributed by atoms with E-state index in [9.17, 15) is 14.9 Å². The number of nitro groups is 1. The van der Waals surface area contributed by atoms with Crippen LogP contribution >= 0.6 is 11.6 Å². The molecule has 0 aromatic heterocycles. The lowest BCUT2D eigenvalue weighted by molar-refractivity contribution is -0.385. The number of carbonyl (C=O) groups is 1. The van der Waals surface area contributed by atoms with Gasteiger partial charge in [-0.05, 0) is 25.3 Å². The minimum absolute atomic E-state index is 0.107. The second kappa shape index (κ2) is 7.85. The van der Waals surface area contributed by atoms with Crippen LogP contribution in [0.3, 0.4) is 0 Å². The predicted molar refractivity (Wildman–Crippen MR) is 79.3 cm³/mol. The zero-order valence-electron chi connectivity index (χ0n) is 11.7. The summed E-state index contributed by atoms with van der Waals surface area (Å²) in [6.45, 7) is 4.13. The third-order valence-corrected chi connectivity index (χ3v) is 3.53. The Hall–Kier alpha value is -1.62. The molecule has 0 saturated carbocycles. The molecule has 0 aliphatic carbocycles. The van der Waals surface area contributed by atoms with Gasteiger partial charge in [-0.25, -0.2) is 0 Å². The first-order valence-electron chi connectivity index (χ1n) is 6.59. The summed E-state index contributed by atoms with van der Waals surface area (Å²) in [6, 6.07) is 4.74. The summed E-state index contributed by atoms with van der Waals surface area (Å²) < 4.78 is 0. The quantitative estimate of drug-likeness (QED) is 0.477. The van der Waals surface area contributed by atoms with Crippen LogP contribution in [0.15, 0.2) is 18.2 Å². The van der Waals surface area contributed by atoms with Gasteiger partial charge in [-0.2, -0.15) is 0 Å². The lowest BCUT2D eigenvalue weighted by Gasteiger charge is -2.14. The molecule has 0 saturated heterocycles. The maximum absolute atomic E-state index is 12.1. The highest BCUT2D eigenvalue weighted by Gasteiger charge is 2.22. The number of nitro benzene ring substituents is 1. The molecule has 110 valence electrons. The molecule has 0 fully saturated rings. The van der Waals surface area contributed by atoms with Crippen LogP contribution in [-0.2, 0) is 0 Å². The molecule has 0 radical (unpaired) electrons. The van der Waals surface area contributed by atoms with Gasteiger partial charge in [0.1, 0.15) is 5.56 Å². The fourth-order valence-electron chi connectivity index (χ4n) is 2.02. The molecule has 1 aromatic rings. The van der Waals surface area contributed by atoms with E-state index in [-0.39, 0.29) is 11.3 Å². The monoisotopic (exact) mass is 298 g/mol. The zero-order valence-corrected chi connectivity index (χ0v) is 12.4.